The van der Waals surface area contributed by atoms with Crippen molar-refractivity contribution in [3.05, 3.63) is 133 Å². The summed E-state index contributed by atoms with van der Waals surface area (Å²) in [4.78, 5) is 13.4. The van der Waals surface area contributed by atoms with E-state index in [1.807, 2.05) is 30.3 Å². The van der Waals surface area contributed by atoms with Crippen LogP contribution in [0.15, 0.2) is 138 Å². The third-order valence-corrected chi connectivity index (χ3v) is 8.07. The summed E-state index contributed by atoms with van der Waals surface area (Å²) in [7, 11) is 0. The number of ether oxygens (including phenoxy) is 1. The van der Waals surface area contributed by atoms with Gasteiger partial charge in [0.05, 0.1) is 0 Å². The average molecular weight is 544 g/mol. The minimum atomic E-state index is -0.403. The van der Waals surface area contributed by atoms with E-state index in [2.05, 4.69) is 110 Å². The molecule has 0 fully saturated rings. The van der Waals surface area contributed by atoms with Crippen LogP contribution in [-0.4, -0.2) is 10.5 Å². The van der Waals surface area contributed by atoms with Crippen LogP contribution in [0.3, 0.4) is 0 Å². The summed E-state index contributed by atoms with van der Waals surface area (Å²) in [5.74, 6) is -0.403. The Hall–Kier alpha value is -4.28. The quantitative estimate of drug-likeness (QED) is 0.148. The third kappa shape index (κ3) is 6.13. The van der Waals surface area contributed by atoms with Crippen LogP contribution in [0.25, 0.3) is 32.6 Å². The summed E-state index contributed by atoms with van der Waals surface area (Å²) in [6, 6.07) is 40.7. The van der Waals surface area contributed by atoms with Gasteiger partial charge in [0.1, 0.15) is 6.61 Å². The molecule has 0 radical (unpaired) electrons. The number of esters is 1. The van der Waals surface area contributed by atoms with Gasteiger partial charge >= 0.3 is 5.97 Å². The molecule has 3 nitrogen and oxygen atoms in total. The minimum Gasteiger partial charge on any atom is -0.458 e. The smallest absolute Gasteiger partial charge is 0.330 e. The first-order chi connectivity index (χ1) is 19.6. The molecule has 0 aliphatic rings. The van der Waals surface area contributed by atoms with E-state index in [1.54, 1.807) is 11.8 Å². The van der Waals surface area contributed by atoms with E-state index in [-0.39, 0.29) is 6.61 Å². The summed E-state index contributed by atoms with van der Waals surface area (Å²) in [5.41, 5.74) is 3.66. The fraction of sp³-hybridized carbons (Fsp3) is 0.139. The number of nitrogens with zero attached hydrogens (tertiary/aromatic N) is 1. The molecule has 5 aromatic carbocycles. The molecule has 1 heterocycles. The van der Waals surface area contributed by atoms with Gasteiger partial charge in [-0.2, -0.15) is 0 Å². The number of fused-ring (bicyclic) bond motifs is 4. The maximum atomic E-state index is 11.1. The van der Waals surface area contributed by atoms with E-state index in [0.29, 0.717) is 6.04 Å². The van der Waals surface area contributed by atoms with E-state index < -0.39 is 5.97 Å². The van der Waals surface area contributed by atoms with Crippen molar-refractivity contribution in [2.24, 2.45) is 0 Å². The average Bonchev–Trinajstić information content (AvgIpc) is 3.35. The van der Waals surface area contributed by atoms with Crippen LogP contribution in [-0.2, 0) is 16.1 Å². The normalized spacial score (nSPS) is 11.7. The number of benzene rings is 5. The number of rotatable bonds is 7. The first-order valence-corrected chi connectivity index (χ1v) is 14.4. The van der Waals surface area contributed by atoms with E-state index in [1.165, 1.54) is 43.5 Å². The molecule has 0 bridgehead atoms. The Morgan fingerprint density at radius 2 is 1.38 bits per heavy atom. The molecule has 0 aliphatic carbocycles. The topological polar surface area (TPSA) is 31.2 Å². The van der Waals surface area contributed by atoms with Crippen LogP contribution < -0.4 is 0 Å². The Bertz CT molecular complexity index is 1710. The maximum Gasteiger partial charge on any atom is 0.330 e. The molecule has 0 aliphatic heterocycles. The van der Waals surface area contributed by atoms with Crippen molar-refractivity contribution in [1.82, 2.24) is 4.57 Å². The summed E-state index contributed by atoms with van der Waals surface area (Å²) < 4.78 is 7.48. The van der Waals surface area contributed by atoms with Crippen molar-refractivity contribution in [1.29, 1.82) is 0 Å². The molecule has 0 saturated heterocycles. The molecule has 6 aromatic rings. The fourth-order valence-corrected chi connectivity index (χ4v) is 5.71. The van der Waals surface area contributed by atoms with Gasteiger partial charge in [-0.15, -0.1) is 0 Å². The maximum absolute atomic E-state index is 11.1. The Kier molecular flexibility index (Phi) is 8.68. The molecule has 1 unspecified atom stereocenters. The van der Waals surface area contributed by atoms with Crippen LogP contribution in [0.5, 0.6) is 0 Å². The molecule has 1 aromatic heterocycles. The highest BCUT2D eigenvalue weighted by Gasteiger charge is 2.12. The summed E-state index contributed by atoms with van der Waals surface area (Å²) >= 11 is 1.72. The monoisotopic (exact) mass is 543 g/mol. The third-order valence-electron chi connectivity index (χ3n) is 7.08. The van der Waals surface area contributed by atoms with Gasteiger partial charge in [0.15, 0.2) is 0 Å². The molecule has 200 valence electrons. The second kappa shape index (κ2) is 12.7. The number of carbonyl (C=O) groups is 1. The van der Waals surface area contributed by atoms with Crippen LogP contribution in [0, 0.1) is 0 Å². The number of carbonyl (C=O) groups excluding carboxylic acids is 1. The molecule has 40 heavy (non-hydrogen) atoms. The van der Waals surface area contributed by atoms with Crippen LogP contribution in [0.2, 0.25) is 0 Å². The minimum absolute atomic E-state index is 0.270. The van der Waals surface area contributed by atoms with E-state index in [0.717, 1.165) is 16.9 Å². The molecule has 0 saturated carbocycles. The van der Waals surface area contributed by atoms with Crippen molar-refractivity contribution in [3.8, 4) is 0 Å². The van der Waals surface area contributed by atoms with Crippen molar-refractivity contribution in [2.45, 2.75) is 42.7 Å². The first-order valence-electron chi connectivity index (χ1n) is 13.6. The van der Waals surface area contributed by atoms with Crippen molar-refractivity contribution < 1.29 is 9.53 Å². The summed E-state index contributed by atoms with van der Waals surface area (Å²) in [5, 5.41) is 5.22. The van der Waals surface area contributed by atoms with Gasteiger partial charge in [0, 0.05) is 43.7 Å². The molecule has 0 amide bonds. The number of hydrogen-bond donors (Lipinski definition) is 0. The zero-order valence-corrected chi connectivity index (χ0v) is 23.7. The zero-order chi connectivity index (χ0) is 27.9. The Morgan fingerprint density at radius 1 is 0.800 bits per heavy atom. The molecular weight excluding hydrogens is 510 g/mol. The van der Waals surface area contributed by atoms with Gasteiger partial charge in [-0.1, -0.05) is 104 Å². The van der Waals surface area contributed by atoms with Crippen molar-refractivity contribution >= 4 is 50.3 Å². The van der Waals surface area contributed by atoms with Gasteiger partial charge in [0.2, 0.25) is 0 Å². The second-order valence-corrected chi connectivity index (χ2v) is 10.9. The van der Waals surface area contributed by atoms with Gasteiger partial charge in [0.25, 0.3) is 0 Å². The van der Waals surface area contributed by atoms with Gasteiger partial charge in [-0.05, 0) is 66.1 Å². The predicted octanol–water partition coefficient (Wildman–Crippen LogP) is 9.99. The summed E-state index contributed by atoms with van der Waals surface area (Å²) in [6.45, 7) is 8.18. The van der Waals surface area contributed by atoms with E-state index in [9.17, 15) is 4.79 Å². The highest BCUT2D eigenvalue weighted by Crippen LogP contribution is 2.32. The lowest BCUT2D eigenvalue weighted by Crippen LogP contribution is -2.02. The van der Waals surface area contributed by atoms with Gasteiger partial charge in [-0.25, -0.2) is 4.79 Å². The van der Waals surface area contributed by atoms with Crippen LogP contribution >= 0.6 is 11.8 Å². The lowest BCUT2D eigenvalue weighted by Gasteiger charge is -2.14. The molecule has 6 rings (SSSR count). The first kappa shape index (κ1) is 27.3. The lowest BCUT2D eigenvalue weighted by molar-refractivity contribution is -0.138. The molecule has 1 atom stereocenters. The van der Waals surface area contributed by atoms with Crippen molar-refractivity contribution in [3.63, 3.8) is 0 Å². The highest BCUT2D eigenvalue weighted by molar-refractivity contribution is 7.99. The SMILES string of the molecule is C=CC(=O)OCc1ccc(Sc2ccc3ccccc3c2)cc1.CCC(C)n1c2ccccc2c2ccccc21. The number of hydrogen-bond acceptors (Lipinski definition) is 3. The van der Waals surface area contributed by atoms with Gasteiger partial charge in [-0.3, -0.25) is 0 Å². The van der Waals surface area contributed by atoms with Crippen LogP contribution in [0.1, 0.15) is 31.9 Å². The van der Waals surface area contributed by atoms with E-state index in [4.69, 9.17) is 4.74 Å². The number of para-hydroxylation sites is 2. The lowest BCUT2D eigenvalue weighted by atomic mass is 10.1. The second-order valence-electron chi connectivity index (χ2n) is 9.73. The van der Waals surface area contributed by atoms with Gasteiger partial charge < -0.3 is 9.30 Å². The van der Waals surface area contributed by atoms with Crippen LogP contribution in [0.4, 0.5) is 0 Å². The molecule has 4 heteroatoms. The number of aromatic nitrogens is 1. The Labute approximate surface area is 240 Å². The predicted molar refractivity (Wildman–Crippen MR) is 169 cm³/mol. The highest BCUT2D eigenvalue weighted by atomic mass is 32.2. The fourth-order valence-electron chi connectivity index (χ4n) is 4.84. The zero-order valence-electron chi connectivity index (χ0n) is 22.9. The Morgan fingerprint density at radius 3 is 2.00 bits per heavy atom. The standard InChI is InChI=1S/C20H16O2S.C16H17N/c1-2-20(21)22-14-15-7-10-18(11-8-15)23-19-12-9-16-5-3-4-6-17(16)13-19;1-3-12(2)17-15-10-6-4-8-13(15)14-9-5-7-11-16(14)17/h2-13H,1,14H2;4-12H,3H2,1-2H3. The van der Waals surface area contributed by atoms with Crippen molar-refractivity contribution in [2.75, 3.05) is 0 Å². The van der Waals surface area contributed by atoms with E-state index >= 15 is 0 Å². The molecule has 0 spiro atoms. The molecular formula is C36H33NO2S. The molecule has 0 N–H and O–H groups in total. The Balaban J connectivity index is 0.000000168. The summed E-state index contributed by atoms with van der Waals surface area (Å²) in [6.07, 6.45) is 2.33. The largest absolute Gasteiger partial charge is 0.458 e.